The van der Waals surface area contributed by atoms with Crippen molar-refractivity contribution in [1.29, 1.82) is 0 Å². The lowest BCUT2D eigenvalue weighted by atomic mass is 9.47. The largest absolute Gasteiger partial charge is 0.461 e. The maximum absolute atomic E-state index is 13.4. The van der Waals surface area contributed by atoms with Crippen LogP contribution in [0.4, 0.5) is 0 Å². The van der Waals surface area contributed by atoms with E-state index in [-0.39, 0.29) is 29.9 Å². The molecule has 6 heteroatoms. The van der Waals surface area contributed by atoms with E-state index < -0.39 is 0 Å². The van der Waals surface area contributed by atoms with Crippen LogP contribution in [0.2, 0.25) is 0 Å². The van der Waals surface area contributed by atoms with Gasteiger partial charge in [0.15, 0.2) is 0 Å². The highest BCUT2D eigenvalue weighted by Crippen LogP contribution is 2.67. The number of hydrogen-bond donors (Lipinski definition) is 2. The molecule has 8 atom stereocenters. The Morgan fingerprint density at radius 1 is 0.837 bits per heavy atom. The molecule has 3 fully saturated rings. The molecule has 0 heterocycles. The van der Waals surface area contributed by atoms with Crippen molar-refractivity contribution in [3.8, 4) is 0 Å². The molecular weight excluding hydrogens is 606 g/mol. The van der Waals surface area contributed by atoms with Crippen molar-refractivity contribution >= 4 is 11.9 Å². The summed E-state index contributed by atoms with van der Waals surface area (Å²) in [6.07, 6.45) is 26.2. The Bertz CT molecular complexity index is 1060. The first kappa shape index (κ1) is 40.4. The van der Waals surface area contributed by atoms with Gasteiger partial charge in [0.25, 0.3) is 0 Å². The number of fused-ring (bicyclic) bond motifs is 5. The Morgan fingerprint density at radius 3 is 2.24 bits per heavy atom. The average molecular weight is 684 g/mol. The predicted octanol–water partition coefficient (Wildman–Crippen LogP) is 9.59. The molecule has 4 aliphatic carbocycles. The minimum absolute atomic E-state index is 0.0659. The van der Waals surface area contributed by atoms with Crippen LogP contribution in [0, 0.1) is 46.3 Å². The second kappa shape index (κ2) is 19.4. The zero-order chi connectivity index (χ0) is 35.4. The molecule has 0 aliphatic heterocycles. The van der Waals surface area contributed by atoms with Crippen LogP contribution in [0.5, 0.6) is 0 Å². The monoisotopic (exact) mass is 684 g/mol. The molecule has 3 saturated carbocycles. The fourth-order valence-electron chi connectivity index (χ4n) is 11.3. The lowest BCUT2D eigenvalue weighted by molar-refractivity contribution is -0.156. The molecule has 6 nitrogen and oxygen atoms in total. The summed E-state index contributed by atoms with van der Waals surface area (Å²) in [5, 5.41) is 0. The van der Waals surface area contributed by atoms with Gasteiger partial charge in [-0.3, -0.25) is 9.59 Å². The molecule has 0 radical (unpaired) electrons. The average Bonchev–Trinajstić information content (AvgIpc) is 3.43. The normalized spacial score (nSPS) is 31.4. The number of ether oxygens (including phenoxy) is 1. The lowest BCUT2D eigenvalue weighted by Crippen LogP contribution is -2.51. The van der Waals surface area contributed by atoms with Crippen molar-refractivity contribution in [1.82, 2.24) is 4.90 Å². The molecule has 4 N–H and O–H groups in total. The lowest BCUT2D eigenvalue weighted by Gasteiger charge is -2.58. The van der Waals surface area contributed by atoms with Gasteiger partial charge in [-0.05, 0) is 130 Å². The third-order valence-corrected chi connectivity index (χ3v) is 14.2. The molecule has 4 aliphatic rings. The summed E-state index contributed by atoms with van der Waals surface area (Å²) in [7, 11) is 0. The van der Waals surface area contributed by atoms with E-state index in [1.165, 1.54) is 64.2 Å². The van der Waals surface area contributed by atoms with Crippen molar-refractivity contribution in [3.05, 3.63) is 11.6 Å². The first-order chi connectivity index (χ1) is 23.5. The number of esters is 1. The number of nitrogens with two attached hydrogens (primary N) is 2. The molecule has 4 rings (SSSR count). The smallest absolute Gasteiger partial charge is 0.325 e. The summed E-state index contributed by atoms with van der Waals surface area (Å²) in [4.78, 5) is 28.3. The molecule has 0 unspecified atom stereocenters. The topological polar surface area (TPSA) is 98.6 Å². The summed E-state index contributed by atoms with van der Waals surface area (Å²) in [6.45, 7) is 14.7. The minimum Gasteiger partial charge on any atom is -0.461 e. The number of allylic oxidation sites excluding steroid dienone is 1. The highest BCUT2D eigenvalue weighted by Gasteiger charge is 2.59. The standard InChI is InChI=1S/C43H77N3O3/c1-32(2)16-15-17-33(3)37-21-22-38-36-20-19-34-30-35(23-25-42(34,4)39(36)24-26-43(37,38)5)49-41(48)31-46(40(47)18-11-10-13-28-45)29-14-9-7-6-8-12-27-44/h19,32-33,35-39H,6-18,20-31,44-45H2,1-5H3/t33-,35+,36+,37-,38+,39+,42+,43-/m1/s1. The summed E-state index contributed by atoms with van der Waals surface area (Å²) < 4.78 is 6.19. The molecule has 282 valence electrons. The number of carbonyl (C=O) groups excluding carboxylic acids is 2. The van der Waals surface area contributed by atoms with Crippen molar-refractivity contribution < 1.29 is 14.3 Å². The molecule has 0 saturated heterocycles. The van der Waals surface area contributed by atoms with E-state index in [2.05, 4.69) is 40.7 Å². The Balaban J connectivity index is 1.31. The van der Waals surface area contributed by atoms with Crippen LogP contribution in [-0.4, -0.2) is 49.1 Å². The van der Waals surface area contributed by atoms with E-state index in [1.54, 1.807) is 10.5 Å². The summed E-state index contributed by atoms with van der Waals surface area (Å²) in [5.41, 5.74) is 13.6. The third kappa shape index (κ3) is 10.6. The van der Waals surface area contributed by atoms with Crippen molar-refractivity contribution in [2.75, 3.05) is 26.2 Å². The quantitative estimate of drug-likeness (QED) is 0.0713. The zero-order valence-corrected chi connectivity index (χ0v) is 32.6. The molecule has 0 bridgehead atoms. The predicted molar refractivity (Wildman–Crippen MR) is 204 cm³/mol. The van der Waals surface area contributed by atoms with Gasteiger partial charge in [-0.15, -0.1) is 0 Å². The van der Waals surface area contributed by atoms with Crippen LogP contribution >= 0.6 is 0 Å². The second-order valence-electron chi connectivity index (χ2n) is 18.0. The molecular formula is C43H77N3O3. The van der Waals surface area contributed by atoms with Gasteiger partial charge in [0.1, 0.15) is 12.6 Å². The van der Waals surface area contributed by atoms with Gasteiger partial charge in [0, 0.05) is 19.4 Å². The first-order valence-corrected chi connectivity index (χ1v) is 21.1. The van der Waals surface area contributed by atoms with Gasteiger partial charge in [0.2, 0.25) is 5.91 Å². The molecule has 0 spiro atoms. The summed E-state index contributed by atoms with van der Waals surface area (Å²) in [6, 6.07) is 0. The maximum atomic E-state index is 13.4. The van der Waals surface area contributed by atoms with Gasteiger partial charge in [0.05, 0.1) is 0 Å². The zero-order valence-electron chi connectivity index (χ0n) is 32.6. The molecule has 0 aromatic heterocycles. The number of hydrogen-bond acceptors (Lipinski definition) is 5. The fourth-order valence-corrected chi connectivity index (χ4v) is 11.3. The van der Waals surface area contributed by atoms with E-state index >= 15 is 0 Å². The highest BCUT2D eigenvalue weighted by atomic mass is 16.5. The van der Waals surface area contributed by atoms with Crippen LogP contribution in [0.25, 0.3) is 0 Å². The third-order valence-electron chi connectivity index (χ3n) is 14.2. The van der Waals surface area contributed by atoms with Crippen LogP contribution < -0.4 is 11.5 Å². The van der Waals surface area contributed by atoms with Crippen molar-refractivity contribution in [3.63, 3.8) is 0 Å². The number of nitrogens with zero attached hydrogens (tertiary/aromatic N) is 1. The molecule has 49 heavy (non-hydrogen) atoms. The maximum Gasteiger partial charge on any atom is 0.325 e. The molecule has 0 aromatic rings. The van der Waals surface area contributed by atoms with Crippen LogP contribution in [0.1, 0.15) is 169 Å². The van der Waals surface area contributed by atoms with E-state index in [0.717, 1.165) is 106 Å². The van der Waals surface area contributed by atoms with E-state index in [9.17, 15) is 9.59 Å². The van der Waals surface area contributed by atoms with Gasteiger partial charge in [-0.25, -0.2) is 0 Å². The Kier molecular flexibility index (Phi) is 16.0. The van der Waals surface area contributed by atoms with Crippen LogP contribution in [0.3, 0.4) is 0 Å². The minimum atomic E-state index is -0.228. The molecule has 1 amide bonds. The van der Waals surface area contributed by atoms with Crippen LogP contribution in [-0.2, 0) is 14.3 Å². The highest BCUT2D eigenvalue weighted by molar-refractivity contribution is 5.82. The van der Waals surface area contributed by atoms with E-state index in [1.807, 2.05) is 0 Å². The Morgan fingerprint density at radius 2 is 1.53 bits per heavy atom. The van der Waals surface area contributed by atoms with Crippen LogP contribution in [0.15, 0.2) is 11.6 Å². The van der Waals surface area contributed by atoms with Gasteiger partial charge < -0.3 is 21.1 Å². The van der Waals surface area contributed by atoms with Crippen molar-refractivity contribution in [2.45, 2.75) is 176 Å². The van der Waals surface area contributed by atoms with E-state index in [4.69, 9.17) is 16.2 Å². The first-order valence-electron chi connectivity index (χ1n) is 21.1. The van der Waals surface area contributed by atoms with Gasteiger partial charge in [-0.2, -0.15) is 0 Å². The number of amides is 1. The second-order valence-corrected chi connectivity index (χ2v) is 18.0. The summed E-state index contributed by atoms with van der Waals surface area (Å²) >= 11 is 0. The van der Waals surface area contributed by atoms with E-state index in [0.29, 0.717) is 24.9 Å². The number of rotatable bonds is 21. The van der Waals surface area contributed by atoms with Gasteiger partial charge in [-0.1, -0.05) is 97.6 Å². The van der Waals surface area contributed by atoms with Gasteiger partial charge >= 0.3 is 5.97 Å². The van der Waals surface area contributed by atoms with Crippen molar-refractivity contribution in [2.24, 2.45) is 57.8 Å². The number of carbonyl (C=O) groups is 2. The Labute approximate surface area is 301 Å². The number of unbranched alkanes of at least 4 members (excludes halogenated alkanes) is 7. The summed E-state index contributed by atoms with van der Waals surface area (Å²) in [5.74, 6) is 4.83. The molecule has 0 aromatic carbocycles. The Hall–Kier alpha value is -1.40. The SMILES string of the molecule is CC(C)CCC[C@@H](C)[C@H]1CC[C@H]2[C@@H]3CC=C4C[C@@H](OC(=O)CN(CCCCCCCCN)C(=O)CCCCCN)CC[C@]4(C)[C@H]3CC[C@]12C. The fraction of sp³-hybridized carbons (Fsp3) is 0.907.